The molecule has 2 aromatic carbocycles. The minimum Gasteiger partial charge on any atom is -0.462 e. The molecular formula is C46H66N2O3. The van der Waals surface area contributed by atoms with Crippen molar-refractivity contribution in [3.63, 3.8) is 0 Å². The van der Waals surface area contributed by atoms with E-state index in [2.05, 4.69) is 70.3 Å². The molecule has 0 aromatic heterocycles. The zero-order valence-electron chi connectivity index (χ0n) is 32.5. The fourth-order valence-corrected chi connectivity index (χ4v) is 7.08. The number of hydrogen-bond donors (Lipinski definition) is 1. The summed E-state index contributed by atoms with van der Waals surface area (Å²) in [6.45, 7) is 12.2. The predicted molar refractivity (Wildman–Crippen MR) is 216 cm³/mol. The molecule has 2 unspecified atom stereocenters. The molecule has 1 heterocycles. The summed E-state index contributed by atoms with van der Waals surface area (Å²) in [7, 11) is 0. The first-order valence-electron chi connectivity index (χ1n) is 20.5. The maximum atomic E-state index is 13.6. The number of rotatable bonds is 24. The first kappa shape index (κ1) is 40.3. The van der Waals surface area contributed by atoms with E-state index in [0.29, 0.717) is 12.2 Å². The third-order valence-electron chi connectivity index (χ3n) is 10.3. The van der Waals surface area contributed by atoms with E-state index in [1.165, 1.54) is 89.9 Å². The minimum absolute atomic E-state index is 0.187. The van der Waals surface area contributed by atoms with E-state index < -0.39 is 0 Å². The van der Waals surface area contributed by atoms with Crippen LogP contribution in [0.15, 0.2) is 70.1 Å². The van der Waals surface area contributed by atoms with Crippen LogP contribution in [0, 0.1) is 0 Å². The molecule has 2 aliphatic rings. The monoisotopic (exact) mass is 695 g/mol. The Morgan fingerprint density at radius 3 is 1.98 bits per heavy atom. The average molecular weight is 695 g/mol. The normalized spacial score (nSPS) is 13.2. The number of hydrogen-bond acceptors (Lipinski definition) is 5. The van der Waals surface area contributed by atoms with Gasteiger partial charge in [-0.25, -0.2) is 4.79 Å². The van der Waals surface area contributed by atoms with E-state index in [4.69, 9.17) is 14.1 Å². The molecule has 1 aliphatic heterocycles. The van der Waals surface area contributed by atoms with Crippen molar-refractivity contribution >= 4 is 16.9 Å². The van der Waals surface area contributed by atoms with Crippen LogP contribution in [0.3, 0.4) is 0 Å². The van der Waals surface area contributed by atoms with Crippen LogP contribution in [0.25, 0.3) is 33.4 Å². The molecule has 4 rings (SSSR count). The maximum absolute atomic E-state index is 13.6. The Morgan fingerprint density at radius 1 is 0.725 bits per heavy atom. The first-order valence-corrected chi connectivity index (χ1v) is 20.5. The van der Waals surface area contributed by atoms with Crippen molar-refractivity contribution in [1.29, 1.82) is 0 Å². The van der Waals surface area contributed by atoms with Gasteiger partial charge < -0.3 is 14.5 Å². The second-order valence-electron chi connectivity index (χ2n) is 14.6. The van der Waals surface area contributed by atoms with E-state index in [1.807, 2.05) is 30.3 Å². The van der Waals surface area contributed by atoms with Crippen LogP contribution in [0.4, 0.5) is 0 Å². The molecule has 51 heavy (non-hydrogen) atoms. The molecule has 0 bridgehead atoms. The molecule has 5 heteroatoms. The van der Waals surface area contributed by atoms with Gasteiger partial charge in [0.2, 0.25) is 0 Å². The molecule has 5 nitrogen and oxygen atoms in total. The van der Waals surface area contributed by atoms with Crippen molar-refractivity contribution in [3.05, 3.63) is 77.1 Å². The van der Waals surface area contributed by atoms with Crippen molar-refractivity contribution in [1.82, 2.24) is 5.32 Å². The van der Waals surface area contributed by atoms with Gasteiger partial charge in [0, 0.05) is 34.7 Å². The molecule has 2 atom stereocenters. The van der Waals surface area contributed by atoms with Crippen molar-refractivity contribution in [2.24, 2.45) is 4.99 Å². The van der Waals surface area contributed by atoms with Crippen LogP contribution in [0.1, 0.15) is 166 Å². The summed E-state index contributed by atoms with van der Waals surface area (Å²) in [6.07, 6.45) is 22.1. The van der Waals surface area contributed by atoms with Gasteiger partial charge in [-0.3, -0.25) is 4.99 Å². The highest BCUT2D eigenvalue weighted by molar-refractivity contribution is 6.07. The number of carbonyl (C=O) groups excluding carboxylic acids is 1. The number of nitrogens with zero attached hydrogens (tertiary/aromatic N) is 1. The minimum atomic E-state index is -0.269. The molecule has 0 fully saturated rings. The van der Waals surface area contributed by atoms with Gasteiger partial charge in [0.1, 0.15) is 11.3 Å². The lowest BCUT2D eigenvalue weighted by Gasteiger charge is -2.19. The van der Waals surface area contributed by atoms with Crippen molar-refractivity contribution < 1.29 is 13.9 Å². The lowest BCUT2D eigenvalue weighted by atomic mass is 9.90. The smallest absolute Gasteiger partial charge is 0.338 e. The Kier molecular flexibility index (Phi) is 17.8. The fourth-order valence-electron chi connectivity index (χ4n) is 7.08. The van der Waals surface area contributed by atoms with Crippen molar-refractivity contribution in [2.45, 2.75) is 156 Å². The van der Waals surface area contributed by atoms with Crippen LogP contribution < -0.4 is 10.7 Å². The molecule has 1 aliphatic carbocycles. The number of unbranched alkanes of at least 4 members (excludes halogenated alkanes) is 15. The maximum Gasteiger partial charge on any atom is 0.338 e. The summed E-state index contributed by atoms with van der Waals surface area (Å²) in [6, 6.07) is 20.8. The van der Waals surface area contributed by atoms with Crippen molar-refractivity contribution in [2.75, 3.05) is 13.2 Å². The Bertz CT molecular complexity index is 1640. The molecular weight excluding hydrogens is 629 g/mol. The summed E-state index contributed by atoms with van der Waals surface area (Å²) in [5.74, 6) is 0.487. The Hall–Kier alpha value is -3.44. The highest BCUT2D eigenvalue weighted by Gasteiger charge is 2.22. The van der Waals surface area contributed by atoms with Crippen LogP contribution in [0.2, 0.25) is 0 Å². The zero-order chi connectivity index (χ0) is 36.3. The van der Waals surface area contributed by atoms with Crippen molar-refractivity contribution in [3.8, 4) is 22.5 Å². The van der Waals surface area contributed by atoms with Gasteiger partial charge >= 0.3 is 5.97 Å². The largest absolute Gasteiger partial charge is 0.462 e. The highest BCUT2D eigenvalue weighted by Crippen LogP contribution is 2.42. The van der Waals surface area contributed by atoms with Gasteiger partial charge in [-0.1, -0.05) is 147 Å². The van der Waals surface area contributed by atoms with E-state index in [1.54, 1.807) is 0 Å². The summed E-state index contributed by atoms with van der Waals surface area (Å²) in [5, 5.41) is 5.38. The molecule has 278 valence electrons. The molecule has 0 spiro atoms. The molecule has 0 saturated heterocycles. The van der Waals surface area contributed by atoms with Gasteiger partial charge in [-0.05, 0) is 68.6 Å². The third kappa shape index (κ3) is 12.6. The topological polar surface area (TPSA) is 63.8 Å². The number of benzene rings is 3. The van der Waals surface area contributed by atoms with E-state index in [0.717, 1.165) is 70.1 Å². The number of ether oxygens (including phenoxy) is 1. The van der Waals surface area contributed by atoms with Gasteiger partial charge in [0.05, 0.1) is 17.5 Å². The standard InChI is InChI=1S/C46H66N2O3/c1-6-9-10-11-12-13-14-15-16-17-18-19-20-21-22-25-32-50-46(49)40-27-24-23-26-39(40)45-41-30-28-37(36(5)47-8-3)33-43(41)51-44-34-38(29-31-42(44)45)48-35(4)7-2/h23-24,26-31,33-36,47H,6-22,25,32H2,1-5H3. The second kappa shape index (κ2) is 22.5. The fraction of sp³-hybridized carbons (Fsp3) is 0.565. The highest BCUT2D eigenvalue weighted by atomic mass is 16.5. The second-order valence-corrected chi connectivity index (χ2v) is 14.6. The van der Waals surface area contributed by atoms with E-state index >= 15 is 0 Å². The molecule has 0 amide bonds. The van der Waals surface area contributed by atoms with Crippen LogP contribution in [-0.2, 0) is 4.74 Å². The Balaban J connectivity index is 1.36. The Morgan fingerprint density at radius 2 is 1.35 bits per heavy atom. The van der Waals surface area contributed by atoms with Crippen LogP contribution >= 0.6 is 0 Å². The van der Waals surface area contributed by atoms with Gasteiger partial charge in [0.15, 0.2) is 0 Å². The summed E-state index contributed by atoms with van der Waals surface area (Å²) in [5.41, 5.74) is 5.33. The number of carbonyl (C=O) groups is 1. The average Bonchev–Trinajstić information content (AvgIpc) is 3.14. The summed E-state index contributed by atoms with van der Waals surface area (Å²) in [4.78, 5) is 18.5. The van der Waals surface area contributed by atoms with E-state index in [-0.39, 0.29) is 18.1 Å². The van der Waals surface area contributed by atoms with Gasteiger partial charge in [-0.2, -0.15) is 0 Å². The van der Waals surface area contributed by atoms with Gasteiger partial charge in [-0.15, -0.1) is 0 Å². The SMILES string of the molecule is CCCCCCCCCCCCCCCCCCOC(=O)c1ccccc1-c1c2ccc(=NC(C)CC)cc-2oc2cc(C(C)NCC)ccc12. The number of esters is 1. The first-order chi connectivity index (χ1) is 25.0. The molecule has 1 N–H and O–H groups in total. The van der Waals surface area contributed by atoms with Gasteiger partial charge in [0.25, 0.3) is 0 Å². The van der Waals surface area contributed by atoms with Crippen LogP contribution in [0.5, 0.6) is 0 Å². The summed E-state index contributed by atoms with van der Waals surface area (Å²) >= 11 is 0. The van der Waals surface area contributed by atoms with Crippen LogP contribution in [-0.4, -0.2) is 25.2 Å². The number of nitrogens with one attached hydrogen (secondary N) is 1. The lowest BCUT2D eigenvalue weighted by Crippen LogP contribution is -2.17. The van der Waals surface area contributed by atoms with E-state index in [9.17, 15) is 4.79 Å². The lowest BCUT2D eigenvalue weighted by molar-refractivity contribution is 0.0498. The zero-order valence-corrected chi connectivity index (χ0v) is 32.5. The molecule has 0 saturated carbocycles. The Labute approximate surface area is 309 Å². The predicted octanol–water partition coefficient (Wildman–Crippen LogP) is 13.0. The molecule has 0 radical (unpaired) electrons. The quantitative estimate of drug-likeness (QED) is 0.0450. The summed E-state index contributed by atoms with van der Waals surface area (Å²) < 4.78 is 12.5. The molecule has 2 aromatic rings. The number of fused-ring (bicyclic) bond motifs is 2. The third-order valence-corrected chi connectivity index (χ3v) is 10.3.